The van der Waals surface area contributed by atoms with Gasteiger partial charge in [-0.25, -0.2) is 4.39 Å². The van der Waals surface area contributed by atoms with Crippen molar-refractivity contribution in [2.45, 2.75) is 6.04 Å². The number of hydrogen-bond acceptors (Lipinski definition) is 4. The van der Waals surface area contributed by atoms with Gasteiger partial charge in [0.05, 0.1) is 11.6 Å². The van der Waals surface area contributed by atoms with Crippen molar-refractivity contribution in [1.82, 2.24) is 4.98 Å². The summed E-state index contributed by atoms with van der Waals surface area (Å²) in [5.41, 5.74) is 1.05. The van der Waals surface area contributed by atoms with Crippen LogP contribution >= 0.6 is 15.9 Å². The number of aliphatic hydroxyl groups is 1. The smallest absolute Gasteiger partial charge is 0.300 e. The first-order chi connectivity index (χ1) is 14.0. The number of carbonyl (C=O) groups excluding carboxylic acids is 2. The Morgan fingerprint density at radius 3 is 2.48 bits per heavy atom. The second-order valence-electron chi connectivity index (χ2n) is 6.44. The van der Waals surface area contributed by atoms with Crippen LogP contribution in [0.4, 0.5) is 10.1 Å². The zero-order valence-corrected chi connectivity index (χ0v) is 16.5. The number of amides is 1. The topological polar surface area (TPSA) is 70.5 Å². The van der Waals surface area contributed by atoms with Crippen LogP contribution in [0, 0.1) is 5.82 Å². The molecule has 144 valence electrons. The average Bonchev–Trinajstić information content (AvgIpc) is 2.99. The van der Waals surface area contributed by atoms with Crippen molar-refractivity contribution in [2.75, 3.05) is 4.90 Å². The lowest BCUT2D eigenvalue weighted by Gasteiger charge is -2.25. The van der Waals surface area contributed by atoms with Crippen LogP contribution in [0.5, 0.6) is 0 Å². The van der Waals surface area contributed by atoms with Gasteiger partial charge < -0.3 is 5.11 Å². The summed E-state index contributed by atoms with van der Waals surface area (Å²) in [5.74, 6) is -2.53. The van der Waals surface area contributed by atoms with Gasteiger partial charge in [-0.1, -0.05) is 40.2 Å². The molecule has 4 rings (SSSR count). The summed E-state index contributed by atoms with van der Waals surface area (Å²) in [6.45, 7) is 0. The van der Waals surface area contributed by atoms with Crippen LogP contribution in [0.25, 0.3) is 5.76 Å². The molecule has 7 heteroatoms. The van der Waals surface area contributed by atoms with E-state index in [0.29, 0.717) is 11.1 Å². The minimum Gasteiger partial charge on any atom is -0.507 e. The second kappa shape index (κ2) is 7.60. The molecule has 1 amide bonds. The molecule has 1 atom stereocenters. The van der Waals surface area contributed by atoms with Gasteiger partial charge in [-0.3, -0.25) is 19.5 Å². The molecule has 3 aromatic rings. The van der Waals surface area contributed by atoms with Crippen LogP contribution in [-0.2, 0) is 9.59 Å². The maximum atomic E-state index is 13.8. The van der Waals surface area contributed by atoms with Crippen LogP contribution in [0.15, 0.2) is 83.1 Å². The van der Waals surface area contributed by atoms with Gasteiger partial charge in [0.2, 0.25) is 0 Å². The highest BCUT2D eigenvalue weighted by molar-refractivity contribution is 9.10. The first-order valence-corrected chi connectivity index (χ1v) is 9.49. The largest absolute Gasteiger partial charge is 0.507 e. The summed E-state index contributed by atoms with van der Waals surface area (Å²) < 4.78 is 14.6. The maximum Gasteiger partial charge on any atom is 0.300 e. The van der Waals surface area contributed by atoms with E-state index in [2.05, 4.69) is 20.9 Å². The SMILES string of the molecule is O=C1C(=O)N(c2cccc(F)c2)C(c2cccnc2)/C1=C(\O)c1ccc(Br)cc1. The number of carbonyl (C=O) groups is 2. The Kier molecular flexibility index (Phi) is 4.98. The third-order valence-corrected chi connectivity index (χ3v) is 5.18. The molecular formula is C22H14BrFN2O3. The first kappa shape index (κ1) is 19.0. The van der Waals surface area contributed by atoms with E-state index in [1.807, 2.05) is 0 Å². The van der Waals surface area contributed by atoms with Crippen LogP contribution in [0.3, 0.4) is 0 Å². The Labute approximate surface area is 174 Å². The van der Waals surface area contributed by atoms with E-state index in [-0.39, 0.29) is 17.0 Å². The van der Waals surface area contributed by atoms with Crippen molar-refractivity contribution >= 4 is 39.1 Å². The minimum atomic E-state index is -0.936. The Hall–Kier alpha value is -3.32. The van der Waals surface area contributed by atoms with Crippen molar-refractivity contribution in [2.24, 2.45) is 0 Å². The molecule has 0 spiro atoms. The van der Waals surface area contributed by atoms with Gasteiger partial charge in [-0.15, -0.1) is 0 Å². The lowest BCUT2D eigenvalue weighted by molar-refractivity contribution is -0.132. The number of ketones is 1. The Balaban J connectivity index is 1.94. The fourth-order valence-electron chi connectivity index (χ4n) is 3.34. The first-order valence-electron chi connectivity index (χ1n) is 8.70. The fraction of sp³-hybridized carbons (Fsp3) is 0.0455. The van der Waals surface area contributed by atoms with Crippen LogP contribution < -0.4 is 4.90 Å². The number of halogens is 2. The average molecular weight is 453 g/mol. The van der Waals surface area contributed by atoms with Crippen molar-refractivity contribution in [3.05, 3.63) is 100 Å². The number of benzene rings is 2. The molecule has 1 fully saturated rings. The summed E-state index contributed by atoms with van der Waals surface area (Å²) in [4.78, 5) is 31.0. The van der Waals surface area contributed by atoms with E-state index < -0.39 is 23.5 Å². The standard InChI is InChI=1S/C22H14BrFN2O3/c23-15-8-6-13(7-9-15)20(27)18-19(14-3-2-10-25-12-14)26(22(29)21(18)28)17-5-1-4-16(24)11-17/h1-12,19,27H/b20-18+. The van der Waals surface area contributed by atoms with Gasteiger partial charge in [-0.2, -0.15) is 0 Å². The quantitative estimate of drug-likeness (QED) is 0.357. The molecule has 0 bridgehead atoms. The van der Waals surface area contributed by atoms with E-state index >= 15 is 0 Å². The van der Waals surface area contributed by atoms with Crippen molar-refractivity contribution in [3.8, 4) is 0 Å². The molecule has 1 N–H and O–H groups in total. The predicted octanol–water partition coefficient (Wildman–Crippen LogP) is 4.61. The molecule has 1 aliphatic rings. The molecule has 0 radical (unpaired) electrons. The summed E-state index contributed by atoms with van der Waals surface area (Å²) >= 11 is 3.32. The zero-order valence-electron chi connectivity index (χ0n) is 14.9. The van der Waals surface area contributed by atoms with Crippen molar-refractivity contribution < 1.29 is 19.1 Å². The Bertz CT molecular complexity index is 1130. The molecule has 0 aliphatic carbocycles. The number of aromatic nitrogens is 1. The van der Waals surface area contributed by atoms with Gasteiger partial charge in [-0.05, 0) is 42.0 Å². The summed E-state index contributed by atoms with van der Waals surface area (Å²) in [5, 5.41) is 10.9. The molecule has 2 heterocycles. The monoisotopic (exact) mass is 452 g/mol. The van der Waals surface area contributed by atoms with Gasteiger partial charge >= 0.3 is 0 Å². The van der Waals surface area contributed by atoms with Gasteiger partial charge in [0, 0.05) is 28.1 Å². The highest BCUT2D eigenvalue weighted by atomic mass is 79.9. The number of anilines is 1. The summed E-state index contributed by atoms with van der Waals surface area (Å²) in [6, 6.07) is 14.6. The lowest BCUT2D eigenvalue weighted by Crippen LogP contribution is -2.29. The number of aliphatic hydroxyl groups excluding tert-OH is 1. The normalized spacial score (nSPS) is 18.3. The molecule has 2 aromatic carbocycles. The molecule has 0 saturated carbocycles. The molecule has 1 aromatic heterocycles. The summed E-state index contributed by atoms with van der Waals surface area (Å²) in [7, 11) is 0. The van der Waals surface area contributed by atoms with Gasteiger partial charge in [0.25, 0.3) is 11.7 Å². The molecule has 1 saturated heterocycles. The number of nitrogens with zero attached hydrogens (tertiary/aromatic N) is 2. The van der Waals surface area contributed by atoms with Gasteiger partial charge in [0.15, 0.2) is 0 Å². The molecule has 1 unspecified atom stereocenters. The highest BCUT2D eigenvalue weighted by Crippen LogP contribution is 2.42. The molecule has 1 aliphatic heterocycles. The number of Topliss-reactive ketones (excluding diaryl/α,β-unsaturated/α-hetero) is 1. The molecule has 29 heavy (non-hydrogen) atoms. The van der Waals surface area contributed by atoms with E-state index in [9.17, 15) is 19.1 Å². The number of hydrogen-bond donors (Lipinski definition) is 1. The fourth-order valence-corrected chi connectivity index (χ4v) is 3.61. The van der Waals surface area contributed by atoms with Crippen molar-refractivity contribution in [3.63, 3.8) is 0 Å². The third kappa shape index (κ3) is 3.45. The van der Waals surface area contributed by atoms with Crippen LogP contribution in [0.2, 0.25) is 0 Å². The Morgan fingerprint density at radius 1 is 1.07 bits per heavy atom. The second-order valence-corrected chi connectivity index (χ2v) is 7.36. The van der Waals surface area contributed by atoms with Crippen molar-refractivity contribution in [1.29, 1.82) is 0 Å². The highest BCUT2D eigenvalue weighted by Gasteiger charge is 2.47. The maximum absolute atomic E-state index is 13.8. The van der Waals surface area contributed by atoms with Gasteiger partial charge in [0.1, 0.15) is 11.6 Å². The summed E-state index contributed by atoms with van der Waals surface area (Å²) in [6.07, 6.45) is 3.07. The zero-order chi connectivity index (χ0) is 20.5. The van der Waals surface area contributed by atoms with Crippen LogP contribution in [0.1, 0.15) is 17.2 Å². The van der Waals surface area contributed by atoms with E-state index in [1.54, 1.807) is 42.6 Å². The van der Waals surface area contributed by atoms with Crippen LogP contribution in [-0.4, -0.2) is 21.8 Å². The number of pyridine rings is 1. The minimum absolute atomic E-state index is 0.0745. The Morgan fingerprint density at radius 2 is 1.83 bits per heavy atom. The predicted molar refractivity (Wildman–Crippen MR) is 110 cm³/mol. The molecular weight excluding hydrogens is 439 g/mol. The van der Waals surface area contributed by atoms with E-state index in [4.69, 9.17) is 0 Å². The number of rotatable bonds is 3. The lowest BCUT2D eigenvalue weighted by atomic mass is 9.96. The molecule has 5 nitrogen and oxygen atoms in total. The van der Waals surface area contributed by atoms with E-state index in [1.165, 1.54) is 35.4 Å². The van der Waals surface area contributed by atoms with E-state index in [0.717, 1.165) is 4.47 Å². The third-order valence-electron chi connectivity index (χ3n) is 4.65.